The van der Waals surface area contributed by atoms with Crippen LogP contribution in [0.2, 0.25) is 0 Å². The van der Waals surface area contributed by atoms with E-state index in [1.54, 1.807) is 13.8 Å². The second kappa shape index (κ2) is 5.12. The molecule has 0 aromatic rings. The van der Waals surface area contributed by atoms with Gasteiger partial charge in [0.25, 0.3) is 0 Å². The molecular weight excluding hydrogens is 246 g/mol. The molecule has 3 nitrogen and oxygen atoms in total. The average Bonchev–Trinajstić information content (AvgIpc) is 2.93. The zero-order valence-electron chi connectivity index (χ0n) is 11.9. The van der Waals surface area contributed by atoms with Crippen molar-refractivity contribution in [3.05, 3.63) is 0 Å². The topological polar surface area (TPSA) is 46.2 Å². The molecule has 2 aliphatic rings. The van der Waals surface area contributed by atoms with Crippen molar-refractivity contribution in [3.63, 3.8) is 0 Å². The van der Waals surface area contributed by atoms with Gasteiger partial charge >= 0.3 is 0 Å². The molecule has 2 aliphatic carbocycles. The van der Waals surface area contributed by atoms with Gasteiger partial charge in [-0.15, -0.1) is 0 Å². The molecule has 0 spiro atoms. The van der Waals surface area contributed by atoms with Crippen LogP contribution in [0.4, 0.5) is 0 Å². The highest BCUT2D eigenvalue weighted by Crippen LogP contribution is 2.60. The van der Waals surface area contributed by atoms with E-state index in [1.165, 1.54) is 19.3 Å². The number of hydrogen-bond acceptors (Lipinski definition) is 3. The largest absolute Gasteiger partial charge is 0.316 e. The Morgan fingerprint density at radius 3 is 2.39 bits per heavy atom. The van der Waals surface area contributed by atoms with E-state index >= 15 is 0 Å². The zero-order chi connectivity index (χ0) is 13.4. The van der Waals surface area contributed by atoms with Gasteiger partial charge in [0.15, 0.2) is 9.84 Å². The molecule has 2 unspecified atom stereocenters. The molecule has 1 N–H and O–H groups in total. The van der Waals surface area contributed by atoms with Gasteiger partial charge in [-0.3, -0.25) is 0 Å². The molecule has 18 heavy (non-hydrogen) atoms. The molecule has 0 aromatic carbocycles. The van der Waals surface area contributed by atoms with Crippen molar-refractivity contribution < 1.29 is 8.42 Å². The zero-order valence-corrected chi connectivity index (χ0v) is 12.7. The SMILES string of the molecule is CCNCC1(CCS(=O)(=O)C(C)C)CC2CC2C1. The minimum absolute atomic E-state index is 0.232. The minimum Gasteiger partial charge on any atom is -0.316 e. The number of rotatable bonds is 7. The monoisotopic (exact) mass is 273 g/mol. The van der Waals surface area contributed by atoms with Crippen molar-refractivity contribution in [3.8, 4) is 0 Å². The predicted octanol–water partition coefficient (Wildman–Crippen LogP) is 2.23. The van der Waals surface area contributed by atoms with E-state index in [4.69, 9.17) is 0 Å². The molecule has 0 heterocycles. The van der Waals surface area contributed by atoms with Crippen LogP contribution in [0.15, 0.2) is 0 Å². The minimum atomic E-state index is -2.88. The van der Waals surface area contributed by atoms with Crippen molar-refractivity contribution in [1.29, 1.82) is 0 Å². The predicted molar refractivity (Wildman–Crippen MR) is 75.3 cm³/mol. The second-order valence-electron chi connectivity index (χ2n) is 6.61. The van der Waals surface area contributed by atoms with Gasteiger partial charge in [-0.1, -0.05) is 6.92 Å². The summed E-state index contributed by atoms with van der Waals surface area (Å²) in [5.74, 6) is 2.19. The van der Waals surface area contributed by atoms with Crippen LogP contribution in [0.25, 0.3) is 0 Å². The first-order valence-electron chi connectivity index (χ1n) is 7.31. The highest BCUT2D eigenvalue weighted by Gasteiger charge is 2.53. The van der Waals surface area contributed by atoms with Gasteiger partial charge in [-0.2, -0.15) is 0 Å². The van der Waals surface area contributed by atoms with E-state index in [0.29, 0.717) is 5.75 Å². The van der Waals surface area contributed by atoms with Crippen molar-refractivity contribution >= 4 is 9.84 Å². The Morgan fingerprint density at radius 2 is 1.89 bits per heavy atom. The van der Waals surface area contributed by atoms with Crippen LogP contribution in [0.1, 0.15) is 46.5 Å². The van der Waals surface area contributed by atoms with E-state index in [1.807, 2.05) is 0 Å². The third-order valence-electron chi connectivity index (χ3n) is 4.84. The molecule has 2 atom stereocenters. The number of hydrogen-bond donors (Lipinski definition) is 1. The van der Waals surface area contributed by atoms with E-state index < -0.39 is 9.84 Å². The summed E-state index contributed by atoms with van der Waals surface area (Å²) in [7, 11) is -2.88. The van der Waals surface area contributed by atoms with Crippen LogP contribution >= 0.6 is 0 Å². The quantitative estimate of drug-likeness (QED) is 0.773. The van der Waals surface area contributed by atoms with Crippen LogP contribution in [-0.4, -0.2) is 32.5 Å². The molecule has 0 aromatic heterocycles. The van der Waals surface area contributed by atoms with Gasteiger partial charge in [0.05, 0.1) is 11.0 Å². The summed E-state index contributed by atoms with van der Waals surface area (Å²) in [5.41, 5.74) is 0.269. The summed E-state index contributed by atoms with van der Waals surface area (Å²) in [4.78, 5) is 0. The van der Waals surface area contributed by atoms with E-state index in [9.17, 15) is 8.42 Å². The van der Waals surface area contributed by atoms with Gasteiger partial charge in [-0.25, -0.2) is 8.42 Å². The number of fused-ring (bicyclic) bond motifs is 1. The molecule has 0 bridgehead atoms. The first-order chi connectivity index (χ1) is 8.38. The van der Waals surface area contributed by atoms with Crippen molar-refractivity contribution in [2.24, 2.45) is 17.3 Å². The van der Waals surface area contributed by atoms with Gasteiger partial charge in [0, 0.05) is 6.54 Å². The number of nitrogens with one attached hydrogen (secondary N) is 1. The molecular formula is C14H27NO2S. The van der Waals surface area contributed by atoms with E-state index in [-0.39, 0.29) is 10.7 Å². The third-order valence-corrected chi connectivity index (χ3v) is 7.05. The Labute approximate surface area is 112 Å². The lowest BCUT2D eigenvalue weighted by Crippen LogP contribution is -2.35. The van der Waals surface area contributed by atoms with Crippen molar-refractivity contribution in [1.82, 2.24) is 5.32 Å². The van der Waals surface area contributed by atoms with Crippen LogP contribution < -0.4 is 5.32 Å². The maximum absolute atomic E-state index is 12.0. The fraction of sp³-hybridized carbons (Fsp3) is 1.00. The standard InChI is InChI=1S/C14H27NO2S/c1-4-15-10-14(8-12-7-13(12)9-14)5-6-18(16,17)11(2)3/h11-13,15H,4-10H2,1-3H3. The lowest BCUT2D eigenvalue weighted by atomic mass is 9.80. The Bertz CT molecular complexity index is 379. The molecule has 0 aliphatic heterocycles. The number of sulfone groups is 1. The molecule has 0 amide bonds. The Kier molecular flexibility index (Phi) is 4.07. The molecule has 0 saturated heterocycles. The summed E-state index contributed by atoms with van der Waals surface area (Å²) < 4.78 is 24.0. The van der Waals surface area contributed by atoms with Crippen molar-refractivity contribution in [2.45, 2.75) is 51.7 Å². The smallest absolute Gasteiger partial charge is 0.152 e. The van der Waals surface area contributed by atoms with Gasteiger partial charge in [-0.05, 0) is 63.3 Å². The maximum atomic E-state index is 12.0. The summed E-state index contributed by atoms with van der Waals surface area (Å²) in [6.45, 7) is 7.68. The third kappa shape index (κ3) is 3.08. The molecule has 0 radical (unpaired) electrons. The van der Waals surface area contributed by atoms with Gasteiger partial charge < -0.3 is 5.32 Å². The summed E-state index contributed by atoms with van der Waals surface area (Å²) in [5, 5.41) is 3.21. The van der Waals surface area contributed by atoms with Gasteiger partial charge in [0.1, 0.15) is 0 Å². The maximum Gasteiger partial charge on any atom is 0.152 e. The molecule has 4 heteroatoms. The van der Waals surface area contributed by atoms with Gasteiger partial charge in [0.2, 0.25) is 0 Å². The fourth-order valence-corrected chi connectivity index (χ4v) is 4.62. The summed E-state index contributed by atoms with van der Waals surface area (Å²) in [6.07, 6.45) is 4.74. The second-order valence-corrected chi connectivity index (χ2v) is 9.29. The first-order valence-corrected chi connectivity index (χ1v) is 9.02. The highest BCUT2D eigenvalue weighted by atomic mass is 32.2. The molecule has 2 saturated carbocycles. The lowest BCUT2D eigenvalue weighted by molar-refractivity contribution is 0.243. The van der Waals surface area contributed by atoms with E-state index in [0.717, 1.165) is 31.3 Å². The summed E-state index contributed by atoms with van der Waals surface area (Å²) in [6, 6.07) is 0. The highest BCUT2D eigenvalue weighted by molar-refractivity contribution is 7.91. The normalized spacial score (nSPS) is 34.9. The fourth-order valence-electron chi connectivity index (χ4n) is 3.43. The molecule has 2 fully saturated rings. The van der Waals surface area contributed by atoms with Crippen LogP contribution in [0.3, 0.4) is 0 Å². The van der Waals surface area contributed by atoms with Crippen molar-refractivity contribution in [2.75, 3.05) is 18.8 Å². The Balaban J connectivity index is 1.94. The average molecular weight is 273 g/mol. The van der Waals surface area contributed by atoms with Crippen LogP contribution in [0.5, 0.6) is 0 Å². The lowest BCUT2D eigenvalue weighted by Gasteiger charge is -2.31. The summed E-state index contributed by atoms with van der Waals surface area (Å²) >= 11 is 0. The first kappa shape index (κ1) is 14.3. The molecule has 106 valence electrons. The Morgan fingerprint density at radius 1 is 1.28 bits per heavy atom. The molecule has 2 rings (SSSR count). The van der Waals surface area contributed by atoms with Crippen LogP contribution in [0, 0.1) is 17.3 Å². The Hall–Kier alpha value is -0.0900. The van der Waals surface area contributed by atoms with Crippen LogP contribution in [-0.2, 0) is 9.84 Å². The van der Waals surface area contributed by atoms with E-state index in [2.05, 4.69) is 12.2 Å².